The van der Waals surface area contributed by atoms with Crippen molar-refractivity contribution in [3.8, 4) is 0 Å². The molecule has 4 heteroatoms. The van der Waals surface area contributed by atoms with E-state index in [0.717, 1.165) is 12.8 Å². The van der Waals surface area contributed by atoms with E-state index < -0.39 is 11.6 Å². The summed E-state index contributed by atoms with van der Waals surface area (Å²) in [5.74, 6) is -0.675. The Morgan fingerprint density at radius 3 is 1.88 bits per heavy atom. The molecule has 0 bridgehead atoms. The summed E-state index contributed by atoms with van der Waals surface area (Å²) in [5, 5.41) is 0. The third kappa shape index (κ3) is 7.54. The van der Waals surface area contributed by atoms with Crippen molar-refractivity contribution in [2.24, 2.45) is 5.92 Å². The monoisotopic (exact) mass is 356 g/mol. The van der Waals surface area contributed by atoms with Gasteiger partial charge in [0, 0.05) is 6.42 Å². The average molecular weight is 357 g/mol. The van der Waals surface area contributed by atoms with E-state index in [1.54, 1.807) is 0 Å². The number of ether oxygens (including phenoxy) is 4. The summed E-state index contributed by atoms with van der Waals surface area (Å²) in [5.41, 5.74) is -0.544. The van der Waals surface area contributed by atoms with Gasteiger partial charge in [-0.3, -0.25) is 0 Å². The molecule has 148 valence electrons. The maximum Gasteiger partial charge on any atom is 0.169 e. The molecule has 2 aliphatic rings. The maximum atomic E-state index is 6.43. The fourth-order valence-corrected chi connectivity index (χ4v) is 4.26. The third-order valence-corrected chi connectivity index (χ3v) is 4.66. The lowest BCUT2D eigenvalue weighted by Crippen LogP contribution is -2.49. The minimum Gasteiger partial charge on any atom is -0.370 e. The average Bonchev–Trinajstić information content (AvgIpc) is 3.08. The van der Waals surface area contributed by atoms with Crippen LogP contribution in [-0.4, -0.2) is 35.0 Å². The van der Waals surface area contributed by atoms with Crippen LogP contribution in [0, 0.1) is 5.92 Å². The van der Waals surface area contributed by atoms with Gasteiger partial charge in [0.1, 0.15) is 0 Å². The number of epoxide rings is 1. The lowest BCUT2D eigenvalue weighted by atomic mass is 9.85. The molecule has 1 heterocycles. The van der Waals surface area contributed by atoms with E-state index >= 15 is 0 Å². The fraction of sp³-hybridized carbons (Fsp3) is 1.00. The van der Waals surface area contributed by atoms with Crippen LogP contribution in [0.15, 0.2) is 0 Å². The molecule has 4 nitrogen and oxygen atoms in total. The van der Waals surface area contributed by atoms with Crippen molar-refractivity contribution in [1.29, 1.82) is 0 Å². The van der Waals surface area contributed by atoms with Gasteiger partial charge in [-0.05, 0) is 93.9 Å². The van der Waals surface area contributed by atoms with Crippen molar-refractivity contribution in [3.63, 3.8) is 0 Å². The van der Waals surface area contributed by atoms with E-state index in [1.165, 1.54) is 19.3 Å². The third-order valence-electron chi connectivity index (χ3n) is 4.66. The highest BCUT2D eigenvalue weighted by molar-refractivity contribution is 4.92. The number of hydrogen-bond donors (Lipinski definition) is 0. The Labute approximate surface area is 154 Å². The zero-order valence-electron chi connectivity index (χ0n) is 17.9. The topological polar surface area (TPSA) is 40.2 Å². The Morgan fingerprint density at radius 2 is 1.36 bits per heavy atom. The van der Waals surface area contributed by atoms with Crippen molar-refractivity contribution in [3.05, 3.63) is 0 Å². The van der Waals surface area contributed by atoms with Gasteiger partial charge in [-0.25, -0.2) is 0 Å². The second kappa shape index (κ2) is 7.10. The van der Waals surface area contributed by atoms with Crippen LogP contribution in [0.4, 0.5) is 0 Å². The molecular weight excluding hydrogens is 316 g/mol. The van der Waals surface area contributed by atoms with E-state index in [9.17, 15) is 0 Å². The summed E-state index contributed by atoms with van der Waals surface area (Å²) in [6, 6.07) is 0. The predicted molar refractivity (Wildman–Crippen MR) is 100 cm³/mol. The number of fused-ring (bicyclic) bond motifs is 1. The lowest BCUT2D eigenvalue weighted by molar-refractivity contribution is -0.377. The molecule has 0 spiro atoms. The summed E-state index contributed by atoms with van der Waals surface area (Å²) in [6.07, 6.45) is 6.71. The Hall–Kier alpha value is -0.160. The van der Waals surface area contributed by atoms with E-state index in [-0.39, 0.29) is 11.2 Å². The molecule has 0 aromatic heterocycles. The molecule has 0 aromatic rings. The van der Waals surface area contributed by atoms with Crippen LogP contribution in [0.1, 0.15) is 94.4 Å². The highest BCUT2D eigenvalue weighted by Crippen LogP contribution is 2.42. The molecule has 0 radical (unpaired) electrons. The van der Waals surface area contributed by atoms with Crippen LogP contribution in [0.3, 0.4) is 0 Å². The first-order chi connectivity index (χ1) is 11.2. The SMILES string of the molecule is CC(C)(C)OC(C)(C)OC(C)(CCC1CCC2OC2C1)OC(C)(C)C. The van der Waals surface area contributed by atoms with Crippen LogP contribution >= 0.6 is 0 Å². The standard InChI is InChI=1S/C21H40O4/c1-18(2,3)23-20(7,8)25-21(9,24-19(4,5)6)13-12-15-10-11-16-17(14-15)22-16/h15-17H,10-14H2,1-9H3. The van der Waals surface area contributed by atoms with Gasteiger partial charge in [-0.2, -0.15) is 0 Å². The normalized spacial score (nSPS) is 29.9. The van der Waals surface area contributed by atoms with Gasteiger partial charge >= 0.3 is 0 Å². The van der Waals surface area contributed by atoms with Gasteiger partial charge < -0.3 is 18.9 Å². The Balaban J connectivity index is 1.99. The van der Waals surface area contributed by atoms with Crippen molar-refractivity contribution in [1.82, 2.24) is 0 Å². The highest BCUT2D eigenvalue weighted by atomic mass is 16.8. The van der Waals surface area contributed by atoms with E-state index in [2.05, 4.69) is 27.7 Å². The second-order valence-electron chi connectivity index (χ2n) is 10.5. The van der Waals surface area contributed by atoms with Gasteiger partial charge in [0.05, 0.1) is 23.4 Å². The number of hydrogen-bond acceptors (Lipinski definition) is 4. The molecule has 0 amide bonds. The molecule has 1 saturated heterocycles. The van der Waals surface area contributed by atoms with Gasteiger partial charge in [-0.15, -0.1) is 0 Å². The quantitative estimate of drug-likeness (QED) is 0.450. The minimum absolute atomic E-state index is 0.270. The first kappa shape index (κ1) is 21.1. The van der Waals surface area contributed by atoms with Crippen LogP contribution in [-0.2, 0) is 18.9 Å². The van der Waals surface area contributed by atoms with Gasteiger partial charge in [0.15, 0.2) is 11.6 Å². The Kier molecular flexibility index (Phi) is 6.01. The van der Waals surface area contributed by atoms with Crippen LogP contribution < -0.4 is 0 Å². The van der Waals surface area contributed by atoms with Crippen molar-refractivity contribution in [2.45, 2.75) is 129 Å². The Morgan fingerprint density at radius 1 is 0.760 bits per heavy atom. The molecule has 4 atom stereocenters. The molecule has 1 aliphatic heterocycles. The fourth-order valence-electron chi connectivity index (χ4n) is 4.26. The summed E-state index contributed by atoms with van der Waals surface area (Å²) in [6.45, 7) is 18.4. The van der Waals surface area contributed by atoms with Crippen molar-refractivity contribution in [2.75, 3.05) is 0 Å². The zero-order chi connectivity index (χ0) is 19.1. The first-order valence-corrected chi connectivity index (χ1v) is 9.92. The van der Waals surface area contributed by atoms with Crippen LogP contribution in [0.2, 0.25) is 0 Å². The van der Waals surface area contributed by atoms with E-state index in [0.29, 0.717) is 18.1 Å². The minimum atomic E-state index is -0.713. The largest absolute Gasteiger partial charge is 0.370 e. The molecule has 1 aliphatic carbocycles. The predicted octanol–water partition coefficient (Wildman–Crippen LogP) is 5.43. The van der Waals surface area contributed by atoms with Crippen LogP contribution in [0.25, 0.3) is 0 Å². The smallest absolute Gasteiger partial charge is 0.169 e. The number of rotatable bonds is 7. The summed E-state index contributed by atoms with van der Waals surface area (Å²) in [4.78, 5) is 0. The van der Waals surface area contributed by atoms with Crippen LogP contribution in [0.5, 0.6) is 0 Å². The Bertz CT molecular complexity index is 446. The molecule has 1 saturated carbocycles. The van der Waals surface area contributed by atoms with Gasteiger partial charge in [0.2, 0.25) is 0 Å². The molecule has 0 aromatic carbocycles. The molecule has 2 rings (SSSR count). The molecule has 0 N–H and O–H groups in total. The first-order valence-electron chi connectivity index (χ1n) is 9.92. The summed E-state index contributed by atoms with van der Waals surface area (Å²) < 4.78 is 24.6. The zero-order valence-corrected chi connectivity index (χ0v) is 17.9. The van der Waals surface area contributed by atoms with Crippen molar-refractivity contribution >= 4 is 0 Å². The molecule has 4 unspecified atom stereocenters. The lowest BCUT2D eigenvalue weighted by Gasteiger charge is -2.44. The van der Waals surface area contributed by atoms with Gasteiger partial charge in [0.25, 0.3) is 0 Å². The summed E-state index contributed by atoms with van der Waals surface area (Å²) in [7, 11) is 0. The van der Waals surface area contributed by atoms with E-state index in [4.69, 9.17) is 18.9 Å². The van der Waals surface area contributed by atoms with Crippen molar-refractivity contribution < 1.29 is 18.9 Å². The molecule has 2 fully saturated rings. The maximum absolute atomic E-state index is 6.43. The molecular formula is C21H40O4. The highest BCUT2D eigenvalue weighted by Gasteiger charge is 2.45. The van der Waals surface area contributed by atoms with E-state index in [1.807, 2.05) is 34.6 Å². The second-order valence-corrected chi connectivity index (χ2v) is 10.5. The molecule has 25 heavy (non-hydrogen) atoms. The van der Waals surface area contributed by atoms with Gasteiger partial charge in [-0.1, -0.05) is 0 Å². The summed E-state index contributed by atoms with van der Waals surface area (Å²) >= 11 is 0.